The first-order valence-electron chi connectivity index (χ1n) is 11.2. The number of nitrogens with one attached hydrogen (secondary N) is 1. The quantitative estimate of drug-likeness (QED) is 0.628. The van der Waals surface area contributed by atoms with E-state index in [1.165, 1.54) is 24.2 Å². The van der Waals surface area contributed by atoms with E-state index in [1.54, 1.807) is 7.11 Å². The van der Waals surface area contributed by atoms with E-state index in [-0.39, 0.29) is 22.8 Å². The summed E-state index contributed by atoms with van der Waals surface area (Å²) in [5, 5.41) is 13.4. The van der Waals surface area contributed by atoms with Crippen LogP contribution in [0.2, 0.25) is 0 Å². The molecule has 3 aliphatic rings. The maximum atomic E-state index is 12.9. The lowest BCUT2D eigenvalue weighted by Gasteiger charge is -2.41. The summed E-state index contributed by atoms with van der Waals surface area (Å²) in [6.45, 7) is 1.78. The second-order valence-corrected chi connectivity index (χ2v) is 9.23. The number of likely N-dealkylation sites (tertiary alicyclic amines) is 1. The van der Waals surface area contributed by atoms with Crippen LogP contribution in [0.3, 0.4) is 0 Å². The van der Waals surface area contributed by atoms with Crippen LogP contribution in [0, 0.1) is 0 Å². The van der Waals surface area contributed by atoms with Gasteiger partial charge in [-0.2, -0.15) is 0 Å². The van der Waals surface area contributed by atoms with Crippen LogP contribution < -0.4 is 10.1 Å². The van der Waals surface area contributed by atoms with Gasteiger partial charge in [0.05, 0.1) is 48.1 Å². The van der Waals surface area contributed by atoms with Crippen LogP contribution in [0.5, 0.6) is 11.5 Å². The molecule has 0 saturated carbocycles. The number of anilines is 1. The number of amides is 1. The minimum Gasteiger partial charge on any atom is -0.506 e. The fraction of sp³-hybridized carbons (Fsp3) is 0.360. The summed E-state index contributed by atoms with van der Waals surface area (Å²) in [5.41, 5.74) is 3.12. The van der Waals surface area contributed by atoms with Crippen molar-refractivity contribution in [3.8, 4) is 17.2 Å². The number of ether oxygens (including phenoxy) is 2. The van der Waals surface area contributed by atoms with Crippen molar-refractivity contribution in [2.75, 3.05) is 32.1 Å². The number of piperidine rings is 1. The Balaban J connectivity index is 1.23. The molecule has 0 unspecified atom stereocenters. The molecular formula is C25H26N4O4. The normalized spacial score (nSPS) is 22.6. The van der Waals surface area contributed by atoms with Gasteiger partial charge in [0, 0.05) is 38.0 Å². The van der Waals surface area contributed by atoms with Gasteiger partial charge in [-0.25, -0.2) is 0 Å². The summed E-state index contributed by atoms with van der Waals surface area (Å²) in [6, 6.07) is 11.8. The number of benzene rings is 1. The van der Waals surface area contributed by atoms with Crippen LogP contribution in [-0.2, 0) is 10.3 Å². The maximum Gasteiger partial charge on any atom is 0.255 e. The molecule has 8 heteroatoms. The van der Waals surface area contributed by atoms with E-state index in [2.05, 4.69) is 39.3 Å². The summed E-state index contributed by atoms with van der Waals surface area (Å²) in [7, 11) is 1.68. The maximum absolute atomic E-state index is 12.9. The van der Waals surface area contributed by atoms with Crippen LogP contribution >= 0.6 is 0 Å². The Morgan fingerprint density at radius 1 is 1.21 bits per heavy atom. The first-order valence-corrected chi connectivity index (χ1v) is 11.2. The molecule has 1 aromatic carbocycles. The number of aromatic nitrogens is 2. The van der Waals surface area contributed by atoms with Gasteiger partial charge in [-0.3, -0.25) is 9.78 Å². The van der Waals surface area contributed by atoms with Gasteiger partial charge in [0.15, 0.2) is 0 Å². The molecular weight excluding hydrogens is 420 g/mol. The number of nitrogens with zero attached hydrogens (tertiary/aromatic N) is 3. The van der Waals surface area contributed by atoms with E-state index in [9.17, 15) is 9.90 Å². The van der Waals surface area contributed by atoms with E-state index < -0.39 is 0 Å². The zero-order valence-electron chi connectivity index (χ0n) is 18.5. The minimum absolute atomic E-state index is 0.00122. The Morgan fingerprint density at radius 2 is 2.06 bits per heavy atom. The molecule has 170 valence electrons. The first-order chi connectivity index (χ1) is 16.0. The number of rotatable bonds is 2. The number of carbonyl (C=O) groups is 1. The molecule has 2 fully saturated rings. The Kier molecular flexibility index (Phi) is 4.42. The highest BCUT2D eigenvalue weighted by Crippen LogP contribution is 2.50. The van der Waals surface area contributed by atoms with Crippen molar-refractivity contribution >= 4 is 11.6 Å². The Hall–Kier alpha value is -3.52. The summed E-state index contributed by atoms with van der Waals surface area (Å²) >= 11 is 0. The van der Waals surface area contributed by atoms with Gasteiger partial charge in [0.25, 0.3) is 5.91 Å². The van der Waals surface area contributed by atoms with Gasteiger partial charge in [-0.1, -0.05) is 0 Å². The van der Waals surface area contributed by atoms with Crippen LogP contribution in [0.15, 0.2) is 55.0 Å². The average Bonchev–Trinajstić information content (AvgIpc) is 3.46. The highest BCUT2D eigenvalue weighted by atomic mass is 16.5. The molecule has 5 heterocycles. The van der Waals surface area contributed by atoms with Crippen LogP contribution in [0.25, 0.3) is 5.69 Å². The molecule has 0 radical (unpaired) electrons. The van der Waals surface area contributed by atoms with Gasteiger partial charge < -0.3 is 29.4 Å². The number of aromatic hydroxyl groups is 1. The fourth-order valence-corrected chi connectivity index (χ4v) is 5.59. The number of hydrogen-bond donors (Lipinski definition) is 2. The fourth-order valence-electron chi connectivity index (χ4n) is 5.59. The number of hydrogen-bond acceptors (Lipinski definition) is 6. The standard InChI is InChI=1S/C25H26N4O4/c1-32-19-4-5-21-20(12-19)27-25(22-3-2-8-29(21)22)15-24(33-16-25)6-9-28(10-7-24)23(31)17-11-18(30)14-26-13-17/h2-5,8,11-14,27,30H,6-7,9-10,15-16H2,1H3/t25-/m0/s1. The van der Waals surface area contributed by atoms with E-state index in [1.807, 2.05) is 17.0 Å². The molecule has 0 aliphatic carbocycles. The lowest BCUT2D eigenvalue weighted by Crippen LogP contribution is -2.48. The Labute approximate surface area is 191 Å². The zero-order chi connectivity index (χ0) is 22.6. The minimum atomic E-state index is -0.329. The topological polar surface area (TPSA) is 88.8 Å². The van der Waals surface area contributed by atoms with E-state index in [0.29, 0.717) is 25.3 Å². The van der Waals surface area contributed by atoms with Crippen molar-refractivity contribution in [3.63, 3.8) is 0 Å². The van der Waals surface area contributed by atoms with Crippen molar-refractivity contribution in [2.24, 2.45) is 0 Å². The molecule has 1 atom stereocenters. The summed E-state index contributed by atoms with van der Waals surface area (Å²) in [4.78, 5) is 18.6. The third-order valence-corrected chi connectivity index (χ3v) is 7.26. The lowest BCUT2D eigenvalue weighted by molar-refractivity contribution is -0.0392. The monoisotopic (exact) mass is 446 g/mol. The first kappa shape index (κ1) is 20.1. The third kappa shape index (κ3) is 3.16. The Bertz CT molecular complexity index is 1230. The predicted octanol–water partition coefficient (Wildman–Crippen LogP) is 3.30. The highest BCUT2D eigenvalue weighted by Gasteiger charge is 2.54. The number of pyridine rings is 1. The molecule has 2 spiro atoms. The lowest BCUT2D eigenvalue weighted by atomic mass is 9.79. The SMILES string of the molecule is COc1ccc2c(c1)N[C@@]1(COC3(CCN(C(=O)c4cncc(O)c4)CC3)C1)c1cccn1-2. The van der Waals surface area contributed by atoms with Crippen molar-refractivity contribution in [2.45, 2.75) is 30.4 Å². The summed E-state index contributed by atoms with van der Waals surface area (Å²) < 4.78 is 14.2. The van der Waals surface area contributed by atoms with Gasteiger partial charge in [0.2, 0.25) is 0 Å². The van der Waals surface area contributed by atoms with Crippen LogP contribution in [0.4, 0.5) is 5.69 Å². The second-order valence-electron chi connectivity index (χ2n) is 9.23. The van der Waals surface area contributed by atoms with Crippen molar-refractivity contribution in [3.05, 3.63) is 66.2 Å². The molecule has 8 nitrogen and oxygen atoms in total. The van der Waals surface area contributed by atoms with Crippen LogP contribution in [0.1, 0.15) is 35.3 Å². The molecule has 6 rings (SSSR count). The largest absolute Gasteiger partial charge is 0.506 e. The van der Waals surface area contributed by atoms with Gasteiger partial charge in [-0.15, -0.1) is 0 Å². The second kappa shape index (κ2) is 7.25. The smallest absolute Gasteiger partial charge is 0.255 e. The van der Waals surface area contributed by atoms with Crippen molar-refractivity contribution < 1.29 is 19.4 Å². The van der Waals surface area contributed by atoms with Gasteiger partial charge in [0.1, 0.15) is 17.0 Å². The predicted molar refractivity (Wildman–Crippen MR) is 122 cm³/mol. The number of fused-ring (bicyclic) bond motifs is 4. The highest BCUT2D eigenvalue weighted by molar-refractivity contribution is 5.94. The molecule has 3 aliphatic heterocycles. The van der Waals surface area contributed by atoms with Crippen molar-refractivity contribution in [1.82, 2.24) is 14.5 Å². The molecule has 2 N–H and O–H groups in total. The average molecular weight is 447 g/mol. The molecule has 0 bridgehead atoms. The van der Waals surface area contributed by atoms with E-state index in [0.717, 1.165) is 36.4 Å². The third-order valence-electron chi connectivity index (χ3n) is 7.26. The molecule has 1 amide bonds. The summed E-state index contributed by atoms with van der Waals surface area (Å²) in [5.74, 6) is 0.708. The summed E-state index contributed by atoms with van der Waals surface area (Å²) in [6.07, 6.45) is 7.28. The molecule has 3 aromatic rings. The number of carbonyl (C=O) groups excluding carboxylic acids is 1. The zero-order valence-corrected chi connectivity index (χ0v) is 18.5. The molecule has 2 saturated heterocycles. The van der Waals surface area contributed by atoms with E-state index >= 15 is 0 Å². The van der Waals surface area contributed by atoms with Crippen LogP contribution in [-0.4, -0.2) is 57.9 Å². The Morgan fingerprint density at radius 3 is 2.85 bits per heavy atom. The number of methoxy groups -OCH3 is 1. The van der Waals surface area contributed by atoms with Gasteiger partial charge in [-0.05, 0) is 43.2 Å². The van der Waals surface area contributed by atoms with E-state index in [4.69, 9.17) is 9.47 Å². The molecule has 33 heavy (non-hydrogen) atoms. The van der Waals surface area contributed by atoms with Gasteiger partial charge >= 0.3 is 0 Å². The molecule has 2 aromatic heterocycles. The van der Waals surface area contributed by atoms with Crippen molar-refractivity contribution in [1.29, 1.82) is 0 Å².